The number of hydrogen-bond acceptors (Lipinski definition) is 3. The molecule has 5 rings (SSSR count). The maximum Gasteiger partial charge on any atom is 0.260 e. The van der Waals surface area contributed by atoms with E-state index in [0.29, 0.717) is 12.5 Å². The number of pyridine rings is 1. The van der Waals surface area contributed by atoms with Gasteiger partial charge in [0.2, 0.25) is 6.54 Å². The summed E-state index contributed by atoms with van der Waals surface area (Å²) in [6, 6.07) is 2.23. The first kappa shape index (κ1) is 16.2. The number of nitrogens with zero attached hydrogens (tertiary/aromatic N) is 2. The average molecular weight is 367 g/mol. The SMILES string of the molecule is C[C@H]1CCc2c(sc3nc(C[n+]4ccc5c(c4)CCCC5)[nH]c(=O)c23)C1. The van der Waals surface area contributed by atoms with Gasteiger partial charge in [-0.05, 0) is 62.0 Å². The van der Waals surface area contributed by atoms with Gasteiger partial charge in [0.15, 0.2) is 18.2 Å². The van der Waals surface area contributed by atoms with Gasteiger partial charge in [-0.2, -0.15) is 4.57 Å². The number of hydrogen-bond donors (Lipinski definition) is 1. The monoisotopic (exact) mass is 366 g/mol. The van der Waals surface area contributed by atoms with Gasteiger partial charge in [-0.3, -0.25) is 4.79 Å². The zero-order valence-electron chi connectivity index (χ0n) is 15.2. The number of thiophene rings is 1. The molecule has 5 heteroatoms. The van der Waals surface area contributed by atoms with E-state index in [2.05, 4.69) is 34.9 Å². The largest absolute Gasteiger partial charge is 0.305 e. The Morgan fingerprint density at radius 3 is 3.00 bits per heavy atom. The topological polar surface area (TPSA) is 49.6 Å². The van der Waals surface area contributed by atoms with Gasteiger partial charge in [-0.25, -0.2) is 4.98 Å². The normalized spacial score (nSPS) is 19.3. The lowest BCUT2D eigenvalue weighted by Gasteiger charge is -2.17. The predicted octanol–water partition coefficient (Wildman–Crippen LogP) is 3.32. The van der Waals surface area contributed by atoms with Crippen LogP contribution in [-0.4, -0.2) is 9.97 Å². The van der Waals surface area contributed by atoms with Crippen LogP contribution in [0.15, 0.2) is 23.3 Å². The van der Waals surface area contributed by atoms with Gasteiger partial charge in [0.1, 0.15) is 4.83 Å². The molecule has 0 unspecified atom stereocenters. The lowest BCUT2D eigenvalue weighted by atomic mass is 9.89. The smallest absolute Gasteiger partial charge is 0.260 e. The molecule has 0 radical (unpaired) electrons. The van der Waals surface area contributed by atoms with E-state index >= 15 is 0 Å². The van der Waals surface area contributed by atoms with Crippen LogP contribution >= 0.6 is 11.3 Å². The van der Waals surface area contributed by atoms with E-state index in [1.54, 1.807) is 11.3 Å². The Balaban J connectivity index is 1.51. The van der Waals surface area contributed by atoms with Crippen LogP contribution in [0.4, 0.5) is 0 Å². The van der Waals surface area contributed by atoms with Crippen LogP contribution in [-0.2, 0) is 32.2 Å². The molecular weight excluding hydrogens is 342 g/mol. The van der Waals surface area contributed by atoms with Crippen LogP contribution in [0.1, 0.15) is 53.6 Å². The second-order valence-electron chi connectivity index (χ2n) is 7.92. The van der Waals surface area contributed by atoms with E-state index in [-0.39, 0.29) is 5.56 Å². The number of rotatable bonds is 2. The summed E-state index contributed by atoms with van der Waals surface area (Å²) in [4.78, 5) is 22.9. The Bertz CT molecular complexity index is 1050. The molecule has 26 heavy (non-hydrogen) atoms. The van der Waals surface area contributed by atoms with Crippen molar-refractivity contribution >= 4 is 21.6 Å². The molecule has 134 valence electrons. The van der Waals surface area contributed by atoms with Gasteiger partial charge in [-0.1, -0.05) is 6.92 Å². The fourth-order valence-corrected chi connectivity index (χ4v) is 5.86. The summed E-state index contributed by atoms with van der Waals surface area (Å²) in [7, 11) is 0. The van der Waals surface area contributed by atoms with Crippen molar-refractivity contribution in [2.24, 2.45) is 5.92 Å². The minimum absolute atomic E-state index is 0.0376. The van der Waals surface area contributed by atoms with Gasteiger partial charge >= 0.3 is 0 Å². The summed E-state index contributed by atoms with van der Waals surface area (Å²) >= 11 is 1.72. The molecule has 0 saturated carbocycles. The second kappa shape index (κ2) is 6.31. The molecule has 0 amide bonds. The Morgan fingerprint density at radius 2 is 2.12 bits per heavy atom. The number of fused-ring (bicyclic) bond motifs is 4. The maximum absolute atomic E-state index is 12.7. The third kappa shape index (κ3) is 2.78. The van der Waals surface area contributed by atoms with E-state index in [0.717, 1.165) is 35.3 Å². The molecule has 0 fully saturated rings. The van der Waals surface area contributed by atoms with Crippen LogP contribution in [0.25, 0.3) is 10.2 Å². The van der Waals surface area contributed by atoms with Crippen molar-refractivity contribution in [2.45, 2.75) is 58.4 Å². The van der Waals surface area contributed by atoms with E-state index in [1.807, 2.05) is 0 Å². The summed E-state index contributed by atoms with van der Waals surface area (Å²) in [5.74, 6) is 1.47. The minimum atomic E-state index is 0.0376. The van der Waals surface area contributed by atoms with Crippen molar-refractivity contribution in [3.63, 3.8) is 0 Å². The highest BCUT2D eigenvalue weighted by Gasteiger charge is 2.23. The van der Waals surface area contributed by atoms with E-state index in [1.165, 1.54) is 47.3 Å². The Hall–Kier alpha value is -2.01. The number of aryl methyl sites for hydroxylation is 3. The van der Waals surface area contributed by atoms with Gasteiger partial charge in [-0.15, -0.1) is 11.3 Å². The summed E-state index contributed by atoms with van der Waals surface area (Å²) in [6.45, 7) is 2.92. The maximum atomic E-state index is 12.7. The van der Waals surface area contributed by atoms with Gasteiger partial charge in [0.05, 0.1) is 5.39 Å². The molecule has 0 saturated heterocycles. The first-order chi connectivity index (χ1) is 12.7. The summed E-state index contributed by atoms with van der Waals surface area (Å²) in [5, 5.41) is 0.844. The molecule has 3 aromatic heterocycles. The molecule has 0 aromatic carbocycles. The molecule has 0 bridgehead atoms. The molecule has 2 aliphatic carbocycles. The van der Waals surface area contributed by atoms with E-state index < -0.39 is 0 Å². The molecule has 1 atom stereocenters. The van der Waals surface area contributed by atoms with E-state index in [4.69, 9.17) is 4.98 Å². The van der Waals surface area contributed by atoms with Crippen LogP contribution in [0.3, 0.4) is 0 Å². The Labute approximate surface area is 156 Å². The summed E-state index contributed by atoms with van der Waals surface area (Å²) in [6.07, 6.45) is 12.6. The predicted molar refractivity (Wildman–Crippen MR) is 104 cm³/mol. The third-order valence-electron chi connectivity index (χ3n) is 5.89. The molecule has 4 nitrogen and oxygen atoms in total. The fraction of sp³-hybridized carbons (Fsp3) is 0.476. The van der Waals surface area contributed by atoms with Crippen LogP contribution in [0.2, 0.25) is 0 Å². The fourth-order valence-electron chi connectivity index (χ4n) is 4.46. The number of H-pyrrole nitrogens is 1. The average Bonchev–Trinajstić information content (AvgIpc) is 2.99. The lowest BCUT2D eigenvalue weighted by Crippen LogP contribution is -2.36. The highest BCUT2D eigenvalue weighted by molar-refractivity contribution is 7.18. The first-order valence-corrected chi connectivity index (χ1v) is 10.5. The van der Waals surface area contributed by atoms with Crippen molar-refractivity contribution in [2.75, 3.05) is 0 Å². The molecule has 2 aliphatic rings. The number of aromatic amines is 1. The number of aromatic nitrogens is 3. The Morgan fingerprint density at radius 1 is 1.27 bits per heavy atom. The molecule has 0 aliphatic heterocycles. The zero-order chi connectivity index (χ0) is 17.7. The third-order valence-corrected chi connectivity index (χ3v) is 7.04. The number of nitrogens with one attached hydrogen (secondary N) is 1. The van der Waals surface area contributed by atoms with Gasteiger partial charge < -0.3 is 4.98 Å². The first-order valence-electron chi connectivity index (χ1n) is 9.71. The summed E-state index contributed by atoms with van der Waals surface area (Å²) in [5.41, 5.74) is 4.22. The zero-order valence-corrected chi connectivity index (χ0v) is 16.0. The van der Waals surface area contributed by atoms with Crippen LogP contribution < -0.4 is 10.1 Å². The molecule has 3 heterocycles. The van der Waals surface area contributed by atoms with Crippen molar-refractivity contribution in [3.05, 3.63) is 56.2 Å². The van der Waals surface area contributed by atoms with Gasteiger partial charge in [0.25, 0.3) is 5.56 Å². The molecule has 0 spiro atoms. The second-order valence-corrected chi connectivity index (χ2v) is 9.00. The van der Waals surface area contributed by atoms with Crippen molar-refractivity contribution < 1.29 is 4.57 Å². The highest BCUT2D eigenvalue weighted by Crippen LogP contribution is 2.35. The highest BCUT2D eigenvalue weighted by atomic mass is 32.1. The van der Waals surface area contributed by atoms with Crippen molar-refractivity contribution in [3.8, 4) is 0 Å². The standard InChI is InChI=1S/C21H23N3OS/c1-13-6-7-16-17(10-13)26-21-19(16)20(25)22-18(23-21)12-24-9-8-14-4-2-3-5-15(14)11-24/h8-9,11,13H,2-7,10,12H2,1H3/p+1/t13-/m0/s1. The van der Waals surface area contributed by atoms with Crippen molar-refractivity contribution in [1.82, 2.24) is 9.97 Å². The van der Waals surface area contributed by atoms with Crippen LogP contribution in [0.5, 0.6) is 0 Å². The quantitative estimate of drug-likeness (QED) is 0.707. The van der Waals surface area contributed by atoms with E-state index in [9.17, 15) is 4.79 Å². The lowest BCUT2D eigenvalue weighted by molar-refractivity contribution is -0.689. The van der Waals surface area contributed by atoms with Crippen molar-refractivity contribution in [1.29, 1.82) is 0 Å². The molecule has 3 aromatic rings. The molecular formula is C21H24N3OS+. The van der Waals surface area contributed by atoms with Gasteiger partial charge in [0, 0.05) is 16.5 Å². The molecule has 1 N–H and O–H groups in total. The Kier molecular flexibility index (Phi) is 3.92. The summed E-state index contributed by atoms with van der Waals surface area (Å²) < 4.78 is 2.16. The minimum Gasteiger partial charge on any atom is -0.305 e. The van der Waals surface area contributed by atoms with Crippen LogP contribution in [0, 0.1) is 5.92 Å².